The zero-order valence-corrected chi connectivity index (χ0v) is 10.6. The van der Waals surface area contributed by atoms with E-state index in [0.717, 1.165) is 31.6 Å². The number of carbonyl (C=O) groups excluding carboxylic acids is 1. The summed E-state index contributed by atoms with van der Waals surface area (Å²) in [5.74, 6) is 0.135. The average Bonchev–Trinajstić information content (AvgIpc) is 2.47. The molecule has 4 heteroatoms. The summed E-state index contributed by atoms with van der Waals surface area (Å²) >= 11 is 0. The predicted octanol–water partition coefficient (Wildman–Crippen LogP) is 1.68. The summed E-state index contributed by atoms with van der Waals surface area (Å²) in [5, 5.41) is 9.10. The van der Waals surface area contributed by atoms with Crippen LogP contribution in [0.4, 0.5) is 5.69 Å². The maximum absolute atomic E-state index is 11.3. The van der Waals surface area contributed by atoms with Crippen LogP contribution in [0.25, 0.3) is 0 Å². The fraction of sp³-hybridized carbons (Fsp3) is 0.500. The van der Waals surface area contributed by atoms with Crippen molar-refractivity contribution >= 4 is 11.7 Å². The fourth-order valence-corrected chi connectivity index (χ4v) is 2.30. The average molecular weight is 249 g/mol. The number of benzene rings is 1. The summed E-state index contributed by atoms with van der Waals surface area (Å²) in [6.07, 6.45) is 2.05. The van der Waals surface area contributed by atoms with Gasteiger partial charge in [0.05, 0.1) is 12.7 Å². The van der Waals surface area contributed by atoms with Gasteiger partial charge >= 0.3 is 5.97 Å². The van der Waals surface area contributed by atoms with Crippen LogP contribution >= 0.6 is 0 Å². The second kappa shape index (κ2) is 5.87. The minimum Gasteiger partial charge on any atom is -0.465 e. The molecule has 0 amide bonds. The van der Waals surface area contributed by atoms with Crippen molar-refractivity contribution in [1.29, 1.82) is 0 Å². The van der Waals surface area contributed by atoms with E-state index in [1.54, 1.807) is 12.1 Å². The monoisotopic (exact) mass is 249 g/mol. The van der Waals surface area contributed by atoms with Crippen LogP contribution in [0, 0.1) is 5.92 Å². The molecule has 0 unspecified atom stereocenters. The van der Waals surface area contributed by atoms with Crippen molar-refractivity contribution in [2.45, 2.75) is 12.8 Å². The third kappa shape index (κ3) is 2.82. The maximum Gasteiger partial charge on any atom is 0.337 e. The van der Waals surface area contributed by atoms with Crippen LogP contribution in [0.1, 0.15) is 23.2 Å². The van der Waals surface area contributed by atoms with Crippen LogP contribution in [0.5, 0.6) is 0 Å². The molecule has 0 aliphatic carbocycles. The predicted molar refractivity (Wildman–Crippen MR) is 69.8 cm³/mol. The highest BCUT2D eigenvalue weighted by molar-refractivity contribution is 5.89. The topological polar surface area (TPSA) is 49.8 Å². The number of piperidine rings is 1. The Morgan fingerprint density at radius 1 is 1.33 bits per heavy atom. The molecule has 1 fully saturated rings. The lowest BCUT2D eigenvalue weighted by molar-refractivity contribution is 0.0601. The number of methoxy groups -OCH3 is 1. The van der Waals surface area contributed by atoms with Crippen LogP contribution in [-0.4, -0.2) is 37.9 Å². The van der Waals surface area contributed by atoms with Gasteiger partial charge in [-0.25, -0.2) is 4.79 Å². The van der Waals surface area contributed by atoms with Crippen LogP contribution in [0.15, 0.2) is 24.3 Å². The molecule has 1 heterocycles. The zero-order chi connectivity index (χ0) is 13.0. The summed E-state index contributed by atoms with van der Waals surface area (Å²) in [4.78, 5) is 13.6. The number of anilines is 1. The van der Waals surface area contributed by atoms with Gasteiger partial charge in [0.25, 0.3) is 0 Å². The lowest BCUT2D eigenvalue weighted by atomic mass is 9.97. The maximum atomic E-state index is 11.3. The molecule has 98 valence electrons. The van der Waals surface area contributed by atoms with Gasteiger partial charge in [-0.1, -0.05) is 0 Å². The third-order valence-corrected chi connectivity index (χ3v) is 3.53. The van der Waals surface area contributed by atoms with E-state index >= 15 is 0 Å². The summed E-state index contributed by atoms with van der Waals surface area (Å²) in [6.45, 7) is 2.21. The number of hydrogen-bond donors (Lipinski definition) is 1. The number of aliphatic hydroxyl groups is 1. The minimum absolute atomic E-state index is 0.287. The Kier molecular flexibility index (Phi) is 4.20. The molecule has 4 nitrogen and oxygen atoms in total. The second-order valence-electron chi connectivity index (χ2n) is 4.65. The van der Waals surface area contributed by atoms with Crippen molar-refractivity contribution < 1.29 is 14.6 Å². The van der Waals surface area contributed by atoms with Gasteiger partial charge in [0.15, 0.2) is 0 Å². The Hall–Kier alpha value is -1.55. The van der Waals surface area contributed by atoms with E-state index < -0.39 is 0 Å². The quantitative estimate of drug-likeness (QED) is 0.828. The van der Waals surface area contributed by atoms with Gasteiger partial charge in [0.2, 0.25) is 0 Å². The van der Waals surface area contributed by atoms with Crippen molar-refractivity contribution in [2.24, 2.45) is 5.92 Å². The largest absolute Gasteiger partial charge is 0.465 e. The molecule has 1 aliphatic heterocycles. The molecule has 0 atom stereocenters. The van der Waals surface area contributed by atoms with Gasteiger partial charge in [-0.2, -0.15) is 0 Å². The first kappa shape index (κ1) is 12.9. The Balaban J connectivity index is 2.00. The second-order valence-corrected chi connectivity index (χ2v) is 4.65. The van der Waals surface area contributed by atoms with Crippen LogP contribution in [0.3, 0.4) is 0 Å². The Bertz CT molecular complexity index is 394. The van der Waals surface area contributed by atoms with E-state index in [2.05, 4.69) is 9.64 Å². The number of rotatable bonds is 3. The van der Waals surface area contributed by atoms with E-state index in [1.165, 1.54) is 7.11 Å². The molecule has 2 rings (SSSR count). The third-order valence-electron chi connectivity index (χ3n) is 3.53. The van der Waals surface area contributed by atoms with Gasteiger partial charge in [-0.15, -0.1) is 0 Å². The smallest absolute Gasteiger partial charge is 0.337 e. The van der Waals surface area contributed by atoms with Crippen molar-refractivity contribution in [3.8, 4) is 0 Å². The van der Waals surface area contributed by atoms with Crippen molar-refractivity contribution in [1.82, 2.24) is 0 Å². The number of ether oxygens (including phenoxy) is 1. The summed E-state index contributed by atoms with van der Waals surface area (Å²) in [7, 11) is 1.38. The molecule has 0 bridgehead atoms. The lowest BCUT2D eigenvalue weighted by Crippen LogP contribution is -2.34. The van der Waals surface area contributed by atoms with Crippen molar-refractivity contribution in [3.63, 3.8) is 0 Å². The Morgan fingerprint density at radius 2 is 1.94 bits per heavy atom. The highest BCUT2D eigenvalue weighted by Gasteiger charge is 2.18. The van der Waals surface area contributed by atoms with Crippen LogP contribution < -0.4 is 4.90 Å². The normalized spacial score (nSPS) is 16.7. The fourth-order valence-electron chi connectivity index (χ4n) is 2.30. The molecule has 0 spiro atoms. The zero-order valence-electron chi connectivity index (χ0n) is 10.6. The summed E-state index contributed by atoms with van der Waals surface area (Å²) in [5.41, 5.74) is 1.70. The molecule has 1 aromatic carbocycles. The SMILES string of the molecule is COC(=O)c1ccc(N2CCC(CO)CC2)cc1. The Labute approximate surface area is 107 Å². The molecule has 1 aliphatic rings. The molecule has 0 aromatic heterocycles. The number of nitrogens with zero attached hydrogens (tertiary/aromatic N) is 1. The molecular formula is C14H19NO3. The van der Waals surface area contributed by atoms with Crippen LogP contribution in [-0.2, 0) is 4.74 Å². The van der Waals surface area contributed by atoms with Gasteiger partial charge in [-0.3, -0.25) is 0 Å². The standard InChI is InChI=1S/C14H19NO3/c1-18-14(17)12-2-4-13(5-3-12)15-8-6-11(10-16)7-9-15/h2-5,11,16H,6-10H2,1H3. The van der Waals surface area contributed by atoms with Gasteiger partial charge in [0, 0.05) is 25.4 Å². The van der Waals surface area contributed by atoms with E-state index in [4.69, 9.17) is 5.11 Å². The molecule has 1 saturated heterocycles. The number of hydrogen-bond acceptors (Lipinski definition) is 4. The van der Waals surface area contributed by atoms with Gasteiger partial charge in [-0.05, 0) is 43.0 Å². The van der Waals surface area contributed by atoms with Gasteiger partial charge in [0.1, 0.15) is 0 Å². The molecule has 1 N–H and O–H groups in total. The molecule has 1 aromatic rings. The van der Waals surface area contributed by atoms with Crippen LogP contribution in [0.2, 0.25) is 0 Å². The number of esters is 1. The summed E-state index contributed by atoms with van der Waals surface area (Å²) in [6, 6.07) is 7.48. The first-order valence-corrected chi connectivity index (χ1v) is 6.28. The van der Waals surface area contributed by atoms with E-state index in [9.17, 15) is 4.79 Å². The van der Waals surface area contributed by atoms with Crippen molar-refractivity contribution in [2.75, 3.05) is 31.7 Å². The first-order chi connectivity index (χ1) is 8.74. The lowest BCUT2D eigenvalue weighted by Gasteiger charge is -2.32. The highest BCUT2D eigenvalue weighted by Crippen LogP contribution is 2.23. The molecule has 0 radical (unpaired) electrons. The number of carbonyl (C=O) groups is 1. The van der Waals surface area contributed by atoms with E-state index in [0.29, 0.717) is 11.5 Å². The highest BCUT2D eigenvalue weighted by atomic mass is 16.5. The van der Waals surface area contributed by atoms with E-state index in [1.807, 2.05) is 12.1 Å². The van der Waals surface area contributed by atoms with Crippen molar-refractivity contribution in [3.05, 3.63) is 29.8 Å². The summed E-state index contributed by atoms with van der Waals surface area (Å²) < 4.78 is 4.67. The first-order valence-electron chi connectivity index (χ1n) is 6.28. The Morgan fingerprint density at radius 3 is 2.44 bits per heavy atom. The minimum atomic E-state index is -0.305. The molecule has 0 saturated carbocycles. The number of aliphatic hydroxyl groups excluding tert-OH is 1. The van der Waals surface area contributed by atoms with E-state index in [-0.39, 0.29) is 12.6 Å². The molecular weight excluding hydrogens is 230 g/mol. The molecule has 18 heavy (non-hydrogen) atoms. The van der Waals surface area contributed by atoms with Gasteiger partial charge < -0.3 is 14.7 Å².